The second kappa shape index (κ2) is 5.95. The molecule has 0 aliphatic carbocycles. The molecule has 1 rings (SSSR count). The summed E-state index contributed by atoms with van der Waals surface area (Å²) in [5, 5.41) is 0. The average molecular weight is 274 g/mol. The number of isocyanates is 1. The molecule has 104 valence electrons. The summed E-state index contributed by atoms with van der Waals surface area (Å²) in [5.41, 5.74) is 0.00318. The van der Waals surface area contributed by atoms with E-state index in [1.54, 1.807) is 0 Å². The SMILES string of the molecule is CC(C)(C)CCS(=O)(=O)N1CCCC(N=C=O)C1. The summed E-state index contributed by atoms with van der Waals surface area (Å²) in [6.45, 7) is 6.94. The molecule has 1 atom stereocenters. The number of rotatable bonds is 4. The van der Waals surface area contributed by atoms with E-state index in [0.717, 1.165) is 12.8 Å². The van der Waals surface area contributed by atoms with Crippen molar-refractivity contribution in [2.24, 2.45) is 10.4 Å². The van der Waals surface area contributed by atoms with Crippen LogP contribution in [0.2, 0.25) is 0 Å². The number of nitrogens with zero attached hydrogens (tertiary/aromatic N) is 2. The van der Waals surface area contributed by atoms with Crippen molar-refractivity contribution in [1.82, 2.24) is 4.31 Å². The molecule has 0 radical (unpaired) electrons. The van der Waals surface area contributed by atoms with Gasteiger partial charge in [0.1, 0.15) is 0 Å². The summed E-state index contributed by atoms with van der Waals surface area (Å²) >= 11 is 0. The number of carbonyl (C=O) groups excluding carboxylic acids is 1. The number of aliphatic imine (C=N–C) groups is 1. The van der Waals surface area contributed by atoms with Crippen molar-refractivity contribution < 1.29 is 13.2 Å². The molecule has 18 heavy (non-hydrogen) atoms. The van der Waals surface area contributed by atoms with Crippen LogP contribution in [0.3, 0.4) is 0 Å². The van der Waals surface area contributed by atoms with Crippen LogP contribution in [-0.2, 0) is 14.8 Å². The maximum atomic E-state index is 12.2. The first kappa shape index (κ1) is 15.3. The van der Waals surface area contributed by atoms with Crippen molar-refractivity contribution in [2.75, 3.05) is 18.8 Å². The van der Waals surface area contributed by atoms with E-state index in [4.69, 9.17) is 0 Å². The van der Waals surface area contributed by atoms with Gasteiger partial charge in [-0.25, -0.2) is 18.2 Å². The van der Waals surface area contributed by atoms with E-state index >= 15 is 0 Å². The predicted molar refractivity (Wildman–Crippen MR) is 70.6 cm³/mol. The Hall–Kier alpha value is -0.710. The summed E-state index contributed by atoms with van der Waals surface area (Å²) in [5.74, 6) is 0.161. The Labute approximate surface area is 109 Å². The van der Waals surface area contributed by atoms with Crippen LogP contribution in [0.4, 0.5) is 0 Å². The summed E-state index contributed by atoms with van der Waals surface area (Å²) in [6.07, 6.45) is 3.67. The second-order valence-electron chi connectivity index (χ2n) is 6.00. The third-order valence-corrected chi connectivity index (χ3v) is 4.94. The minimum absolute atomic E-state index is 0.00318. The fourth-order valence-corrected chi connectivity index (χ4v) is 3.85. The Morgan fingerprint density at radius 3 is 2.61 bits per heavy atom. The zero-order valence-corrected chi connectivity index (χ0v) is 12.2. The number of sulfonamides is 1. The van der Waals surface area contributed by atoms with E-state index in [9.17, 15) is 13.2 Å². The van der Waals surface area contributed by atoms with E-state index < -0.39 is 10.0 Å². The van der Waals surface area contributed by atoms with Crippen LogP contribution in [0, 0.1) is 5.41 Å². The molecule has 0 N–H and O–H groups in total. The minimum atomic E-state index is -3.22. The lowest BCUT2D eigenvalue weighted by molar-refractivity contribution is 0.312. The molecule has 1 aliphatic rings. The minimum Gasteiger partial charge on any atom is -0.212 e. The van der Waals surface area contributed by atoms with E-state index in [1.165, 1.54) is 10.4 Å². The summed E-state index contributed by atoms with van der Waals surface area (Å²) in [7, 11) is -3.22. The molecule has 1 fully saturated rings. The molecule has 0 aromatic carbocycles. The highest BCUT2D eigenvalue weighted by molar-refractivity contribution is 7.89. The third-order valence-electron chi connectivity index (χ3n) is 3.10. The van der Waals surface area contributed by atoms with Gasteiger partial charge in [0, 0.05) is 13.1 Å². The zero-order chi connectivity index (χ0) is 13.8. The van der Waals surface area contributed by atoms with Gasteiger partial charge in [-0.2, -0.15) is 4.31 Å². The van der Waals surface area contributed by atoms with Crippen LogP contribution in [0.15, 0.2) is 4.99 Å². The van der Waals surface area contributed by atoms with Gasteiger partial charge < -0.3 is 0 Å². The molecule has 0 aromatic heterocycles. The average Bonchev–Trinajstić information content (AvgIpc) is 2.27. The van der Waals surface area contributed by atoms with Crippen molar-refractivity contribution in [3.63, 3.8) is 0 Å². The van der Waals surface area contributed by atoms with E-state index in [0.29, 0.717) is 19.5 Å². The van der Waals surface area contributed by atoms with Gasteiger partial charge in [0.15, 0.2) is 0 Å². The van der Waals surface area contributed by atoms with Crippen LogP contribution in [0.5, 0.6) is 0 Å². The number of piperidine rings is 1. The van der Waals surface area contributed by atoms with E-state index in [2.05, 4.69) is 4.99 Å². The van der Waals surface area contributed by atoms with Gasteiger partial charge in [0.05, 0.1) is 11.8 Å². The topological polar surface area (TPSA) is 66.8 Å². The summed E-state index contributed by atoms with van der Waals surface area (Å²) in [4.78, 5) is 13.9. The standard InChI is InChI=1S/C12H22N2O3S/c1-12(2,3)6-8-18(16,17)14-7-4-5-11(9-14)13-10-15/h11H,4-9H2,1-3H3. The maximum absolute atomic E-state index is 12.2. The predicted octanol–water partition coefficient (Wildman–Crippen LogP) is 1.55. The van der Waals surface area contributed by atoms with Gasteiger partial charge in [0.25, 0.3) is 0 Å². The van der Waals surface area contributed by atoms with Gasteiger partial charge in [-0.3, -0.25) is 0 Å². The molecule has 0 saturated carbocycles. The molecule has 5 nitrogen and oxygen atoms in total. The fourth-order valence-electron chi connectivity index (χ4n) is 1.92. The Kier molecular flexibility index (Phi) is 5.08. The lowest BCUT2D eigenvalue weighted by Crippen LogP contribution is -2.43. The Morgan fingerprint density at radius 2 is 2.06 bits per heavy atom. The molecule has 6 heteroatoms. The number of hydrogen-bond donors (Lipinski definition) is 0. The lowest BCUT2D eigenvalue weighted by atomic mass is 9.94. The van der Waals surface area contributed by atoms with Crippen LogP contribution in [0.1, 0.15) is 40.0 Å². The lowest BCUT2D eigenvalue weighted by Gasteiger charge is -2.30. The Bertz CT molecular complexity index is 419. The molecule has 0 amide bonds. The first-order chi connectivity index (χ1) is 8.24. The van der Waals surface area contributed by atoms with Crippen LogP contribution in [-0.4, -0.2) is 43.7 Å². The molecule has 1 heterocycles. The second-order valence-corrected chi connectivity index (χ2v) is 8.09. The molecule has 1 unspecified atom stereocenters. The van der Waals surface area contributed by atoms with Gasteiger partial charge in [0.2, 0.25) is 16.1 Å². The molecule has 0 aromatic rings. The molecule has 0 bridgehead atoms. The van der Waals surface area contributed by atoms with Crippen LogP contribution < -0.4 is 0 Å². The third kappa shape index (κ3) is 4.88. The number of hydrogen-bond acceptors (Lipinski definition) is 4. The quantitative estimate of drug-likeness (QED) is 0.577. The monoisotopic (exact) mass is 274 g/mol. The molecule has 1 aliphatic heterocycles. The summed E-state index contributed by atoms with van der Waals surface area (Å²) in [6, 6.07) is -0.222. The maximum Gasteiger partial charge on any atom is 0.235 e. The smallest absolute Gasteiger partial charge is 0.212 e. The molecule has 1 saturated heterocycles. The van der Waals surface area contributed by atoms with Crippen molar-refractivity contribution in [1.29, 1.82) is 0 Å². The first-order valence-electron chi connectivity index (χ1n) is 6.29. The fraction of sp³-hybridized carbons (Fsp3) is 0.917. The van der Waals surface area contributed by atoms with Crippen LogP contribution >= 0.6 is 0 Å². The largest absolute Gasteiger partial charge is 0.235 e. The van der Waals surface area contributed by atoms with Crippen LogP contribution in [0.25, 0.3) is 0 Å². The Morgan fingerprint density at radius 1 is 1.39 bits per heavy atom. The highest BCUT2D eigenvalue weighted by atomic mass is 32.2. The summed E-state index contributed by atoms with van der Waals surface area (Å²) < 4.78 is 25.8. The van der Waals surface area contributed by atoms with E-state index in [-0.39, 0.29) is 17.2 Å². The zero-order valence-electron chi connectivity index (χ0n) is 11.3. The molecular weight excluding hydrogens is 252 g/mol. The Balaban J connectivity index is 2.64. The van der Waals surface area contributed by atoms with Gasteiger partial charge >= 0.3 is 0 Å². The van der Waals surface area contributed by atoms with E-state index in [1.807, 2.05) is 20.8 Å². The van der Waals surface area contributed by atoms with Crippen molar-refractivity contribution >= 4 is 16.1 Å². The molecular formula is C12H22N2O3S. The first-order valence-corrected chi connectivity index (χ1v) is 7.90. The van der Waals surface area contributed by atoms with Crippen molar-refractivity contribution in [3.05, 3.63) is 0 Å². The van der Waals surface area contributed by atoms with Gasteiger partial charge in [-0.15, -0.1) is 0 Å². The van der Waals surface area contributed by atoms with Crippen molar-refractivity contribution in [2.45, 2.75) is 46.1 Å². The highest BCUT2D eigenvalue weighted by Gasteiger charge is 2.29. The van der Waals surface area contributed by atoms with Gasteiger partial charge in [-0.1, -0.05) is 20.8 Å². The van der Waals surface area contributed by atoms with Gasteiger partial charge in [-0.05, 0) is 24.7 Å². The normalized spacial score (nSPS) is 22.5. The van der Waals surface area contributed by atoms with Crippen molar-refractivity contribution in [3.8, 4) is 0 Å². The highest BCUT2D eigenvalue weighted by Crippen LogP contribution is 2.22. The molecule has 0 spiro atoms.